The molecule has 0 aromatic carbocycles. The first-order valence-electron chi connectivity index (χ1n) is 7.28. The molecule has 0 spiro atoms. The molecule has 3 heteroatoms. The van der Waals surface area contributed by atoms with E-state index in [1.165, 1.54) is 0 Å². The maximum Gasteiger partial charge on any atom is 0.313 e. The maximum absolute atomic E-state index is 12.6. The van der Waals surface area contributed by atoms with Crippen LogP contribution in [0.5, 0.6) is 0 Å². The highest BCUT2D eigenvalue weighted by Gasteiger charge is 2.74. The van der Waals surface area contributed by atoms with Gasteiger partial charge in [0.05, 0.1) is 12.0 Å². The zero-order valence-electron chi connectivity index (χ0n) is 11.3. The van der Waals surface area contributed by atoms with Crippen LogP contribution in [0.1, 0.15) is 52.4 Å². The van der Waals surface area contributed by atoms with Gasteiger partial charge in [0, 0.05) is 5.41 Å². The average Bonchev–Trinajstić information content (AvgIpc) is 3.00. The molecule has 4 atom stereocenters. The molecular formula is C15H22O3. The van der Waals surface area contributed by atoms with Gasteiger partial charge in [-0.2, -0.15) is 0 Å². The fraction of sp³-hybridized carbons (Fsp3) is 0.867. The molecule has 2 bridgehead atoms. The van der Waals surface area contributed by atoms with E-state index in [1.807, 2.05) is 6.92 Å². The van der Waals surface area contributed by atoms with Crippen molar-refractivity contribution >= 4 is 11.8 Å². The summed E-state index contributed by atoms with van der Waals surface area (Å²) in [4.78, 5) is 24.9. The van der Waals surface area contributed by atoms with Crippen LogP contribution in [0, 0.1) is 22.7 Å². The van der Waals surface area contributed by atoms with Crippen LogP contribution in [0.4, 0.5) is 0 Å². The predicted octanol–water partition coefficient (Wildman–Crippen LogP) is 2.73. The largest absolute Gasteiger partial charge is 0.466 e. The Morgan fingerprint density at radius 3 is 2.39 bits per heavy atom. The van der Waals surface area contributed by atoms with Crippen LogP contribution >= 0.6 is 0 Å². The van der Waals surface area contributed by atoms with Gasteiger partial charge < -0.3 is 4.74 Å². The van der Waals surface area contributed by atoms with Crippen molar-refractivity contribution in [1.29, 1.82) is 0 Å². The average molecular weight is 250 g/mol. The first-order chi connectivity index (χ1) is 8.59. The number of carbonyl (C=O) groups is 2. The Labute approximate surface area is 108 Å². The summed E-state index contributed by atoms with van der Waals surface area (Å²) in [6.45, 7) is 3.97. The summed E-state index contributed by atoms with van der Waals surface area (Å²) in [5.41, 5.74) is -0.833. The predicted molar refractivity (Wildman–Crippen MR) is 66.9 cm³/mol. The van der Waals surface area contributed by atoms with Crippen LogP contribution in [-0.4, -0.2) is 18.4 Å². The molecule has 0 saturated heterocycles. The fourth-order valence-electron chi connectivity index (χ4n) is 5.59. The number of Topliss-reactive ketones (excluding diaryl/α,β-unsaturated/α-hetero) is 1. The second-order valence-corrected chi connectivity index (χ2v) is 6.28. The van der Waals surface area contributed by atoms with E-state index in [0.29, 0.717) is 18.4 Å². The van der Waals surface area contributed by atoms with Gasteiger partial charge in [-0.05, 0) is 57.8 Å². The van der Waals surface area contributed by atoms with E-state index in [9.17, 15) is 9.59 Å². The van der Waals surface area contributed by atoms with Gasteiger partial charge >= 0.3 is 5.97 Å². The lowest BCUT2D eigenvalue weighted by Gasteiger charge is -2.45. The Hall–Kier alpha value is -0.860. The van der Waals surface area contributed by atoms with Crippen LogP contribution in [-0.2, 0) is 14.3 Å². The first kappa shape index (κ1) is 12.2. The van der Waals surface area contributed by atoms with E-state index in [2.05, 4.69) is 0 Å². The molecule has 0 amide bonds. The number of esters is 1. The number of hydrogen-bond donors (Lipinski definition) is 0. The van der Waals surface area contributed by atoms with E-state index < -0.39 is 5.41 Å². The monoisotopic (exact) mass is 250 g/mol. The van der Waals surface area contributed by atoms with Crippen molar-refractivity contribution in [1.82, 2.24) is 0 Å². The SMILES string of the molecule is CCOC(=O)C12CCCC1(C(C)=O)C1CCC2C1. The standard InChI is InChI=1S/C15H22O3/c1-3-18-13(17)15-8-4-7-14(15,10(2)16)11-5-6-12(15)9-11/h11-12H,3-9H2,1-2H3. The first-order valence-corrected chi connectivity index (χ1v) is 7.28. The Morgan fingerprint density at radius 2 is 1.78 bits per heavy atom. The highest BCUT2D eigenvalue weighted by atomic mass is 16.5. The van der Waals surface area contributed by atoms with E-state index in [-0.39, 0.29) is 17.2 Å². The van der Waals surface area contributed by atoms with Gasteiger partial charge in [-0.15, -0.1) is 0 Å². The van der Waals surface area contributed by atoms with Gasteiger partial charge in [0.1, 0.15) is 5.78 Å². The lowest BCUT2D eigenvalue weighted by Crippen LogP contribution is -2.52. The van der Waals surface area contributed by atoms with Crippen LogP contribution in [0.2, 0.25) is 0 Å². The Bertz CT molecular complexity index is 403. The number of ketones is 1. The molecule has 0 aromatic heterocycles. The van der Waals surface area contributed by atoms with Gasteiger partial charge in [-0.3, -0.25) is 9.59 Å². The number of rotatable bonds is 3. The van der Waals surface area contributed by atoms with Gasteiger partial charge in [-0.1, -0.05) is 6.42 Å². The normalized spacial score (nSPS) is 45.0. The maximum atomic E-state index is 12.6. The van der Waals surface area contributed by atoms with Crippen LogP contribution < -0.4 is 0 Å². The van der Waals surface area contributed by atoms with Gasteiger partial charge in [-0.25, -0.2) is 0 Å². The topological polar surface area (TPSA) is 43.4 Å². The smallest absolute Gasteiger partial charge is 0.313 e. The van der Waals surface area contributed by atoms with Crippen LogP contribution in [0.15, 0.2) is 0 Å². The molecule has 4 unspecified atom stereocenters. The highest BCUT2D eigenvalue weighted by molar-refractivity contribution is 5.93. The van der Waals surface area contributed by atoms with Gasteiger partial charge in [0.25, 0.3) is 0 Å². The molecule has 3 rings (SSSR count). The number of ether oxygens (including phenoxy) is 1. The van der Waals surface area contributed by atoms with Crippen LogP contribution in [0.25, 0.3) is 0 Å². The minimum atomic E-state index is -0.461. The number of carbonyl (C=O) groups excluding carboxylic acids is 2. The summed E-state index contributed by atoms with van der Waals surface area (Å²) in [6.07, 6.45) is 6.09. The van der Waals surface area contributed by atoms with E-state index in [0.717, 1.165) is 38.5 Å². The van der Waals surface area contributed by atoms with Crippen molar-refractivity contribution < 1.29 is 14.3 Å². The second-order valence-electron chi connectivity index (χ2n) is 6.28. The third-order valence-corrected chi connectivity index (χ3v) is 6.03. The molecule has 3 aliphatic carbocycles. The van der Waals surface area contributed by atoms with E-state index in [1.54, 1.807) is 6.92 Å². The summed E-state index contributed by atoms with van der Waals surface area (Å²) in [6, 6.07) is 0. The second kappa shape index (κ2) is 3.82. The van der Waals surface area contributed by atoms with Gasteiger partial charge in [0.2, 0.25) is 0 Å². The summed E-state index contributed by atoms with van der Waals surface area (Å²) >= 11 is 0. The number of hydrogen-bond acceptors (Lipinski definition) is 3. The molecule has 0 N–H and O–H groups in total. The fourth-order valence-corrected chi connectivity index (χ4v) is 5.59. The summed E-state index contributed by atoms with van der Waals surface area (Å²) in [5, 5.41) is 0. The van der Waals surface area contributed by atoms with Crippen molar-refractivity contribution in [3.63, 3.8) is 0 Å². The molecule has 3 aliphatic rings. The molecule has 0 radical (unpaired) electrons. The van der Waals surface area contributed by atoms with Gasteiger partial charge in [0.15, 0.2) is 0 Å². The summed E-state index contributed by atoms with van der Waals surface area (Å²) in [7, 11) is 0. The summed E-state index contributed by atoms with van der Waals surface area (Å²) in [5.74, 6) is 0.991. The van der Waals surface area contributed by atoms with Crippen molar-refractivity contribution in [3.05, 3.63) is 0 Å². The molecule has 18 heavy (non-hydrogen) atoms. The molecule has 0 aromatic rings. The lowest BCUT2D eigenvalue weighted by molar-refractivity contribution is -0.172. The molecule has 0 aliphatic heterocycles. The van der Waals surface area contributed by atoms with Crippen molar-refractivity contribution in [2.75, 3.05) is 6.61 Å². The zero-order chi connectivity index (χ0) is 13.0. The zero-order valence-corrected chi connectivity index (χ0v) is 11.3. The molecule has 3 saturated carbocycles. The van der Waals surface area contributed by atoms with Crippen LogP contribution in [0.3, 0.4) is 0 Å². The van der Waals surface area contributed by atoms with Crippen molar-refractivity contribution in [2.24, 2.45) is 22.7 Å². The van der Waals surface area contributed by atoms with E-state index in [4.69, 9.17) is 4.74 Å². The Morgan fingerprint density at radius 1 is 1.17 bits per heavy atom. The molecule has 0 heterocycles. The van der Waals surface area contributed by atoms with Crippen molar-refractivity contribution in [2.45, 2.75) is 52.4 Å². The Kier molecular flexibility index (Phi) is 2.58. The van der Waals surface area contributed by atoms with Crippen molar-refractivity contribution in [3.8, 4) is 0 Å². The Balaban J connectivity index is 2.09. The van der Waals surface area contributed by atoms with E-state index >= 15 is 0 Å². The molecule has 3 nitrogen and oxygen atoms in total. The lowest BCUT2D eigenvalue weighted by atomic mass is 9.56. The quantitative estimate of drug-likeness (QED) is 0.723. The number of fused-ring (bicyclic) bond motifs is 5. The minimum Gasteiger partial charge on any atom is -0.466 e. The molecule has 3 fully saturated rings. The highest BCUT2D eigenvalue weighted by Crippen LogP contribution is 2.73. The third kappa shape index (κ3) is 1.11. The minimum absolute atomic E-state index is 0.0788. The molecule has 100 valence electrons. The molecular weight excluding hydrogens is 228 g/mol. The third-order valence-electron chi connectivity index (χ3n) is 6.03. The summed E-state index contributed by atoms with van der Waals surface area (Å²) < 4.78 is 5.37.